The minimum Gasteiger partial charge on any atom is -0.478 e. The van der Waals surface area contributed by atoms with Crippen molar-refractivity contribution in [3.05, 3.63) is 46.3 Å². The van der Waals surface area contributed by atoms with Gasteiger partial charge in [0.1, 0.15) is 10.9 Å². The summed E-state index contributed by atoms with van der Waals surface area (Å²) in [7, 11) is 0. The Labute approximate surface area is 103 Å². The third-order valence-electron chi connectivity index (χ3n) is 2.46. The minimum absolute atomic E-state index is 0.281. The maximum atomic E-state index is 10.8. The molecule has 1 N–H and O–H groups in total. The monoisotopic (exact) mass is 243 g/mol. The van der Waals surface area contributed by atoms with Crippen LogP contribution in [0.2, 0.25) is 0 Å². The van der Waals surface area contributed by atoms with Crippen LogP contribution in [0, 0.1) is 18.3 Å². The SMILES string of the molecule is Cc1cc(C(=O)O)ccc1-c1ccc(C#N)s1. The van der Waals surface area contributed by atoms with E-state index < -0.39 is 5.97 Å². The number of carboxylic acids is 1. The largest absolute Gasteiger partial charge is 0.478 e. The number of hydrogen-bond donors (Lipinski definition) is 1. The van der Waals surface area contributed by atoms with Gasteiger partial charge in [-0.3, -0.25) is 0 Å². The summed E-state index contributed by atoms with van der Waals surface area (Å²) in [5.74, 6) is -0.927. The first-order chi connectivity index (χ1) is 8.11. The van der Waals surface area contributed by atoms with Crippen LogP contribution in [0.15, 0.2) is 30.3 Å². The highest BCUT2D eigenvalue weighted by atomic mass is 32.1. The normalized spacial score (nSPS) is 9.88. The molecule has 17 heavy (non-hydrogen) atoms. The topological polar surface area (TPSA) is 61.1 Å². The van der Waals surface area contributed by atoms with Crippen molar-refractivity contribution >= 4 is 17.3 Å². The highest BCUT2D eigenvalue weighted by Gasteiger charge is 2.09. The molecule has 0 aliphatic heterocycles. The van der Waals surface area contributed by atoms with Crippen LogP contribution in [0.5, 0.6) is 0 Å². The lowest BCUT2D eigenvalue weighted by Crippen LogP contribution is -1.96. The number of benzene rings is 1. The third-order valence-corrected chi connectivity index (χ3v) is 3.48. The zero-order chi connectivity index (χ0) is 12.4. The summed E-state index contributed by atoms with van der Waals surface area (Å²) in [6, 6.07) is 10.7. The second-order valence-corrected chi connectivity index (χ2v) is 4.69. The van der Waals surface area contributed by atoms with E-state index in [4.69, 9.17) is 10.4 Å². The van der Waals surface area contributed by atoms with Crippen molar-refractivity contribution in [1.29, 1.82) is 5.26 Å². The molecule has 4 heteroatoms. The Morgan fingerprint density at radius 3 is 2.65 bits per heavy atom. The van der Waals surface area contributed by atoms with Gasteiger partial charge in [0.05, 0.1) is 5.56 Å². The third kappa shape index (κ3) is 2.19. The summed E-state index contributed by atoms with van der Waals surface area (Å²) >= 11 is 1.41. The van der Waals surface area contributed by atoms with Crippen LogP contribution in [0.4, 0.5) is 0 Å². The molecule has 84 valence electrons. The second-order valence-electron chi connectivity index (χ2n) is 3.61. The zero-order valence-electron chi connectivity index (χ0n) is 9.10. The molecule has 2 aromatic rings. The van der Waals surface area contributed by atoms with E-state index in [9.17, 15) is 4.79 Å². The van der Waals surface area contributed by atoms with E-state index in [-0.39, 0.29) is 5.56 Å². The van der Waals surface area contributed by atoms with Gasteiger partial charge in [0.25, 0.3) is 0 Å². The standard InChI is InChI=1S/C13H9NO2S/c1-8-6-9(13(15)16)2-4-11(8)12-5-3-10(7-14)17-12/h2-6H,1H3,(H,15,16). The Morgan fingerprint density at radius 2 is 2.12 bits per heavy atom. The predicted octanol–water partition coefficient (Wildman–Crippen LogP) is 3.29. The van der Waals surface area contributed by atoms with Gasteiger partial charge >= 0.3 is 5.97 Å². The molecule has 0 atom stereocenters. The fourth-order valence-electron chi connectivity index (χ4n) is 1.62. The van der Waals surface area contributed by atoms with Crippen LogP contribution >= 0.6 is 11.3 Å². The number of rotatable bonds is 2. The lowest BCUT2D eigenvalue weighted by molar-refractivity contribution is 0.0697. The summed E-state index contributed by atoms with van der Waals surface area (Å²) in [5.41, 5.74) is 2.15. The summed E-state index contributed by atoms with van der Waals surface area (Å²) in [6.45, 7) is 1.87. The molecule has 1 aromatic heterocycles. The van der Waals surface area contributed by atoms with Gasteiger partial charge in [0.2, 0.25) is 0 Å². The van der Waals surface area contributed by atoms with Crippen LogP contribution in [-0.4, -0.2) is 11.1 Å². The first-order valence-electron chi connectivity index (χ1n) is 4.96. The van der Waals surface area contributed by atoms with Crippen LogP contribution < -0.4 is 0 Å². The van der Waals surface area contributed by atoms with Crippen molar-refractivity contribution in [3.63, 3.8) is 0 Å². The second kappa shape index (κ2) is 4.40. The molecule has 0 spiro atoms. The minimum atomic E-state index is -0.927. The number of hydrogen-bond acceptors (Lipinski definition) is 3. The summed E-state index contributed by atoms with van der Waals surface area (Å²) in [5, 5.41) is 17.6. The highest BCUT2D eigenvalue weighted by Crippen LogP contribution is 2.30. The molecule has 2 rings (SSSR count). The number of thiophene rings is 1. The Kier molecular flexibility index (Phi) is 2.94. The van der Waals surface area contributed by atoms with Crippen molar-refractivity contribution < 1.29 is 9.90 Å². The average molecular weight is 243 g/mol. The van der Waals surface area contributed by atoms with Crippen molar-refractivity contribution in [3.8, 4) is 16.5 Å². The summed E-state index contributed by atoms with van der Waals surface area (Å²) in [6.07, 6.45) is 0. The molecule has 0 aliphatic rings. The predicted molar refractivity (Wildman–Crippen MR) is 66.2 cm³/mol. The van der Waals surface area contributed by atoms with Crippen LogP contribution in [-0.2, 0) is 0 Å². The van der Waals surface area contributed by atoms with Crippen molar-refractivity contribution in [2.24, 2.45) is 0 Å². The molecule has 0 unspecified atom stereocenters. The van der Waals surface area contributed by atoms with Crippen molar-refractivity contribution in [1.82, 2.24) is 0 Å². The number of carbonyl (C=O) groups is 1. The molecule has 0 fully saturated rings. The number of carboxylic acid groups (broad SMARTS) is 1. The fourth-order valence-corrected chi connectivity index (χ4v) is 2.51. The molecule has 3 nitrogen and oxygen atoms in total. The van der Waals surface area contributed by atoms with E-state index in [0.717, 1.165) is 16.0 Å². The van der Waals surface area contributed by atoms with Gasteiger partial charge in [-0.2, -0.15) is 5.26 Å². The molecule has 0 aliphatic carbocycles. The first kappa shape index (κ1) is 11.4. The lowest BCUT2D eigenvalue weighted by atomic mass is 10.0. The molecule has 0 amide bonds. The van der Waals surface area contributed by atoms with Crippen LogP contribution in [0.3, 0.4) is 0 Å². The highest BCUT2D eigenvalue weighted by molar-refractivity contribution is 7.16. The summed E-state index contributed by atoms with van der Waals surface area (Å²) < 4.78 is 0. The molecule has 0 saturated heterocycles. The number of nitrogens with zero attached hydrogens (tertiary/aromatic N) is 1. The van der Waals surface area contributed by atoms with Gasteiger partial charge in [-0.15, -0.1) is 11.3 Å². The Hall–Kier alpha value is -2.12. The van der Waals surface area contributed by atoms with Gasteiger partial charge in [-0.05, 0) is 42.3 Å². The smallest absolute Gasteiger partial charge is 0.335 e. The van der Waals surface area contributed by atoms with E-state index in [2.05, 4.69) is 6.07 Å². The molecule has 0 bridgehead atoms. The Balaban J connectivity index is 2.47. The van der Waals surface area contributed by atoms with E-state index in [1.807, 2.05) is 13.0 Å². The van der Waals surface area contributed by atoms with Gasteiger partial charge < -0.3 is 5.11 Å². The maximum absolute atomic E-state index is 10.8. The Bertz CT molecular complexity index is 623. The van der Waals surface area contributed by atoms with E-state index in [1.165, 1.54) is 11.3 Å². The first-order valence-corrected chi connectivity index (χ1v) is 5.77. The van der Waals surface area contributed by atoms with Gasteiger partial charge in [-0.1, -0.05) is 6.07 Å². The Morgan fingerprint density at radius 1 is 1.35 bits per heavy atom. The molecule has 0 radical (unpaired) electrons. The average Bonchev–Trinajstić information content (AvgIpc) is 2.77. The fraction of sp³-hybridized carbons (Fsp3) is 0.0769. The molecular formula is C13H9NO2S. The lowest BCUT2D eigenvalue weighted by Gasteiger charge is -2.04. The molecule has 0 saturated carbocycles. The van der Waals surface area contributed by atoms with Crippen molar-refractivity contribution in [2.45, 2.75) is 6.92 Å². The zero-order valence-corrected chi connectivity index (χ0v) is 9.91. The van der Waals surface area contributed by atoms with E-state index >= 15 is 0 Å². The van der Waals surface area contributed by atoms with Crippen LogP contribution in [0.25, 0.3) is 10.4 Å². The molecule has 1 heterocycles. The van der Waals surface area contributed by atoms with Gasteiger partial charge in [-0.25, -0.2) is 4.79 Å². The molecule has 1 aromatic carbocycles. The number of aromatic carboxylic acids is 1. The van der Waals surface area contributed by atoms with E-state index in [1.54, 1.807) is 24.3 Å². The number of nitriles is 1. The van der Waals surface area contributed by atoms with Gasteiger partial charge in [0, 0.05) is 4.88 Å². The van der Waals surface area contributed by atoms with Gasteiger partial charge in [0.15, 0.2) is 0 Å². The van der Waals surface area contributed by atoms with Crippen LogP contribution in [0.1, 0.15) is 20.8 Å². The number of aryl methyl sites for hydroxylation is 1. The van der Waals surface area contributed by atoms with Crippen molar-refractivity contribution in [2.75, 3.05) is 0 Å². The quantitative estimate of drug-likeness (QED) is 0.880. The van der Waals surface area contributed by atoms with E-state index in [0.29, 0.717) is 4.88 Å². The molecular weight excluding hydrogens is 234 g/mol. The summed E-state index contributed by atoms with van der Waals surface area (Å²) in [4.78, 5) is 12.4. The maximum Gasteiger partial charge on any atom is 0.335 e.